The van der Waals surface area contributed by atoms with Crippen molar-refractivity contribution in [3.63, 3.8) is 0 Å². The van der Waals surface area contributed by atoms with Crippen molar-refractivity contribution in [1.29, 1.82) is 0 Å². The highest BCUT2D eigenvalue weighted by Crippen LogP contribution is 2.39. The third kappa shape index (κ3) is 3.67. The zero-order valence-electron chi connectivity index (χ0n) is 11.7. The summed E-state index contributed by atoms with van der Waals surface area (Å²) in [5.74, 6) is -0.523. The van der Waals surface area contributed by atoms with Gasteiger partial charge in [0, 0.05) is 5.54 Å². The first-order valence-corrected chi connectivity index (χ1v) is 7.33. The summed E-state index contributed by atoms with van der Waals surface area (Å²) in [5.41, 5.74) is -1.15. The van der Waals surface area contributed by atoms with Crippen LogP contribution in [0.25, 0.3) is 0 Å². The molecule has 0 aromatic heterocycles. The molecule has 2 amide bonds. The van der Waals surface area contributed by atoms with E-state index in [9.17, 15) is 14.8 Å². The molecule has 109 valence electrons. The first-order chi connectivity index (χ1) is 8.61. The zero-order valence-corrected chi connectivity index (χ0v) is 13.3. The van der Waals surface area contributed by atoms with E-state index in [1.807, 2.05) is 27.7 Å². The quantitative estimate of drug-likeness (QED) is 0.738. The Morgan fingerprint density at radius 2 is 1.84 bits per heavy atom. The molecule has 1 rings (SSSR count). The van der Waals surface area contributed by atoms with E-state index in [2.05, 4.69) is 26.6 Å². The molecule has 2 N–H and O–H groups in total. The molecule has 1 aliphatic rings. The van der Waals surface area contributed by atoms with E-state index in [-0.39, 0.29) is 29.7 Å². The second-order valence-electron chi connectivity index (χ2n) is 6.00. The van der Waals surface area contributed by atoms with Crippen LogP contribution in [0, 0.1) is 0 Å². The number of hydrogen-bond acceptors (Lipinski definition) is 3. The van der Waals surface area contributed by atoms with Gasteiger partial charge in [0.05, 0.1) is 23.5 Å². The standard InChI is InChI=1S/C12H21BrN3O3/c1-11(2)5-8(12(3,4)16(11)19)15-10(18)7-14-9(17)6-13/h8H,5-7H2,1-4H3,(H,14,17)(H,15,18). The normalized spacial score (nSPS) is 25.1. The average Bonchev–Trinajstić information content (AvgIpc) is 2.47. The van der Waals surface area contributed by atoms with Crippen molar-refractivity contribution < 1.29 is 14.8 Å². The number of carbonyl (C=O) groups excluding carboxylic acids is 2. The number of rotatable bonds is 4. The summed E-state index contributed by atoms with van der Waals surface area (Å²) in [7, 11) is 0. The van der Waals surface area contributed by atoms with Crippen molar-refractivity contribution in [2.75, 3.05) is 11.9 Å². The van der Waals surface area contributed by atoms with Crippen LogP contribution in [-0.2, 0) is 14.8 Å². The maximum absolute atomic E-state index is 12.1. The number of amides is 2. The zero-order chi connectivity index (χ0) is 14.8. The van der Waals surface area contributed by atoms with Gasteiger partial charge < -0.3 is 10.6 Å². The van der Waals surface area contributed by atoms with Crippen LogP contribution in [0.2, 0.25) is 0 Å². The van der Waals surface area contributed by atoms with Crippen LogP contribution >= 0.6 is 15.9 Å². The summed E-state index contributed by atoms with van der Waals surface area (Å²) in [4.78, 5) is 22.8. The number of halogens is 1. The Hall–Kier alpha value is -0.660. The first-order valence-electron chi connectivity index (χ1n) is 6.21. The lowest BCUT2D eigenvalue weighted by Gasteiger charge is -2.33. The molecular formula is C12H21BrN3O3. The lowest BCUT2D eigenvalue weighted by atomic mass is 9.94. The summed E-state index contributed by atoms with van der Waals surface area (Å²) in [6, 6.07) is -0.228. The lowest BCUT2D eigenvalue weighted by molar-refractivity contribution is -0.246. The smallest absolute Gasteiger partial charge is 0.239 e. The van der Waals surface area contributed by atoms with Crippen molar-refractivity contribution in [1.82, 2.24) is 15.7 Å². The first kappa shape index (κ1) is 16.4. The number of hydrogen-bond donors (Lipinski definition) is 2. The highest BCUT2D eigenvalue weighted by atomic mass is 79.9. The fourth-order valence-electron chi connectivity index (χ4n) is 2.45. The van der Waals surface area contributed by atoms with Crippen LogP contribution in [0.4, 0.5) is 0 Å². The molecule has 0 spiro atoms. The van der Waals surface area contributed by atoms with E-state index >= 15 is 0 Å². The van der Waals surface area contributed by atoms with Crippen molar-refractivity contribution >= 4 is 27.7 Å². The van der Waals surface area contributed by atoms with Gasteiger partial charge in [0.1, 0.15) is 0 Å². The monoisotopic (exact) mass is 334 g/mol. The van der Waals surface area contributed by atoms with Gasteiger partial charge in [-0.1, -0.05) is 15.9 Å². The van der Waals surface area contributed by atoms with E-state index in [0.29, 0.717) is 6.42 Å². The minimum absolute atomic E-state index is 0.0731. The molecule has 1 fully saturated rings. The third-order valence-corrected chi connectivity index (χ3v) is 4.04. The molecule has 0 aromatic carbocycles. The predicted molar refractivity (Wildman–Crippen MR) is 74.0 cm³/mol. The van der Waals surface area contributed by atoms with Crippen LogP contribution in [0.3, 0.4) is 0 Å². The van der Waals surface area contributed by atoms with Crippen molar-refractivity contribution in [3.05, 3.63) is 0 Å². The molecule has 1 heterocycles. The summed E-state index contributed by atoms with van der Waals surface area (Å²) < 4.78 is 0. The molecule has 0 aliphatic carbocycles. The maximum atomic E-state index is 12.1. The largest absolute Gasteiger partial charge is 0.350 e. The van der Waals surface area contributed by atoms with Gasteiger partial charge >= 0.3 is 0 Å². The maximum Gasteiger partial charge on any atom is 0.239 e. The summed E-state index contributed by atoms with van der Waals surface area (Å²) in [6.45, 7) is 7.28. The molecule has 0 saturated carbocycles. The molecule has 0 bridgehead atoms. The highest BCUT2D eigenvalue weighted by molar-refractivity contribution is 9.09. The fourth-order valence-corrected chi connectivity index (χ4v) is 2.65. The van der Waals surface area contributed by atoms with E-state index < -0.39 is 11.1 Å². The van der Waals surface area contributed by atoms with E-state index in [0.717, 1.165) is 5.06 Å². The number of carbonyl (C=O) groups is 2. The Balaban J connectivity index is 2.58. The van der Waals surface area contributed by atoms with Crippen LogP contribution in [0.1, 0.15) is 34.1 Å². The number of nitrogens with one attached hydrogen (secondary N) is 2. The molecular weight excluding hydrogens is 314 g/mol. The Morgan fingerprint density at radius 1 is 1.26 bits per heavy atom. The minimum Gasteiger partial charge on any atom is -0.350 e. The van der Waals surface area contributed by atoms with Gasteiger partial charge in [-0.2, -0.15) is 0 Å². The number of nitrogens with zero attached hydrogens (tertiary/aromatic N) is 1. The molecule has 0 aromatic rings. The Morgan fingerprint density at radius 3 is 2.26 bits per heavy atom. The number of hydroxylamine groups is 2. The van der Waals surface area contributed by atoms with Gasteiger partial charge in [0.25, 0.3) is 0 Å². The molecule has 1 unspecified atom stereocenters. The summed E-state index contributed by atoms with van der Waals surface area (Å²) >= 11 is 3.00. The van der Waals surface area contributed by atoms with Gasteiger partial charge in [-0.25, -0.2) is 0 Å². The Bertz CT molecular complexity index is 371. The molecule has 19 heavy (non-hydrogen) atoms. The topological polar surface area (TPSA) is 81.3 Å². The van der Waals surface area contributed by atoms with Gasteiger partial charge in [-0.05, 0) is 34.1 Å². The minimum atomic E-state index is -0.654. The van der Waals surface area contributed by atoms with Crippen LogP contribution in [0.15, 0.2) is 0 Å². The van der Waals surface area contributed by atoms with Crippen LogP contribution in [0.5, 0.6) is 0 Å². The van der Waals surface area contributed by atoms with E-state index in [4.69, 9.17) is 0 Å². The molecule has 6 nitrogen and oxygen atoms in total. The summed E-state index contributed by atoms with van der Waals surface area (Å²) in [5, 5.41) is 18.6. The Labute approximate surface area is 122 Å². The van der Waals surface area contributed by atoms with E-state index in [1.165, 1.54) is 0 Å². The van der Waals surface area contributed by atoms with Crippen molar-refractivity contribution in [2.45, 2.75) is 51.2 Å². The molecule has 1 atom stereocenters. The SMILES string of the molecule is CC1(C)CC(NC(=O)CNC(=O)CBr)C(C)(C)N1[O]. The van der Waals surface area contributed by atoms with E-state index in [1.54, 1.807) is 0 Å². The van der Waals surface area contributed by atoms with Crippen molar-refractivity contribution in [3.8, 4) is 0 Å². The van der Waals surface area contributed by atoms with Crippen molar-refractivity contribution in [2.24, 2.45) is 0 Å². The molecule has 7 heteroatoms. The molecule has 1 aliphatic heterocycles. The third-order valence-electron chi connectivity index (χ3n) is 3.53. The van der Waals surface area contributed by atoms with Gasteiger partial charge in [0.2, 0.25) is 11.8 Å². The van der Waals surface area contributed by atoms with Crippen LogP contribution in [-0.4, -0.2) is 45.9 Å². The average molecular weight is 335 g/mol. The Kier molecular flexibility index (Phi) is 4.97. The number of alkyl halides is 1. The van der Waals surface area contributed by atoms with Gasteiger partial charge in [0.15, 0.2) is 0 Å². The molecule has 1 radical (unpaired) electrons. The highest BCUT2D eigenvalue weighted by Gasteiger charge is 2.52. The van der Waals surface area contributed by atoms with Crippen LogP contribution < -0.4 is 10.6 Å². The second-order valence-corrected chi connectivity index (χ2v) is 6.56. The second kappa shape index (κ2) is 5.76. The predicted octanol–water partition coefficient (Wildman–Crippen LogP) is 0.591. The molecule has 1 saturated heterocycles. The summed E-state index contributed by atoms with van der Waals surface area (Å²) in [6.07, 6.45) is 0.585. The van der Waals surface area contributed by atoms with Gasteiger partial charge in [-0.3, -0.25) is 9.59 Å². The fraction of sp³-hybridized carbons (Fsp3) is 0.833. The van der Waals surface area contributed by atoms with Gasteiger partial charge in [-0.15, -0.1) is 10.3 Å². The lowest BCUT2D eigenvalue weighted by Crippen LogP contribution is -2.53.